The maximum Gasteiger partial charge on any atom is 0.405 e. The molecule has 0 atom stereocenters. The third kappa shape index (κ3) is 3.80. The largest absolute Gasteiger partial charge is 0.405 e. The molecule has 0 radical (unpaired) electrons. The first-order chi connectivity index (χ1) is 10.6. The van der Waals surface area contributed by atoms with Gasteiger partial charge in [-0.15, -0.1) is 0 Å². The molecule has 0 aliphatic heterocycles. The van der Waals surface area contributed by atoms with Crippen molar-refractivity contribution in [1.82, 2.24) is 20.1 Å². The van der Waals surface area contributed by atoms with E-state index in [4.69, 9.17) is 0 Å². The molecule has 0 unspecified atom stereocenters. The summed E-state index contributed by atoms with van der Waals surface area (Å²) in [6.45, 7) is 6.27. The average molecular weight is 328 g/mol. The molecule has 0 aliphatic rings. The van der Waals surface area contributed by atoms with Crippen molar-refractivity contribution in [3.8, 4) is 0 Å². The summed E-state index contributed by atoms with van der Waals surface area (Å²) in [5, 5.41) is 6.55. The fourth-order valence-corrected chi connectivity index (χ4v) is 2.17. The zero-order valence-corrected chi connectivity index (χ0v) is 13.4. The maximum atomic E-state index is 12.3. The molecule has 2 aromatic heterocycles. The Morgan fingerprint density at radius 1 is 1.30 bits per heavy atom. The highest BCUT2D eigenvalue weighted by Crippen LogP contribution is 2.24. The molecule has 1 N–H and O–H groups in total. The van der Waals surface area contributed by atoms with Crippen molar-refractivity contribution in [1.29, 1.82) is 0 Å². The molecule has 126 valence electrons. The second kappa shape index (κ2) is 6.17. The zero-order chi connectivity index (χ0) is 17.4. The number of pyridine rings is 1. The first-order valence-corrected chi connectivity index (χ1v) is 7.33. The predicted molar refractivity (Wildman–Crippen MR) is 80.4 cm³/mol. The first-order valence-electron chi connectivity index (χ1n) is 7.33. The fraction of sp³-hybridized carbons (Fsp3) is 0.533. The summed E-state index contributed by atoms with van der Waals surface area (Å²) in [5.41, 5.74) is 1.30. The Hall–Kier alpha value is -2.12. The van der Waals surface area contributed by atoms with Crippen LogP contribution in [0.15, 0.2) is 12.3 Å². The number of carbonyl (C=O) groups is 1. The predicted octanol–water partition coefficient (Wildman–Crippen LogP) is 3.43. The summed E-state index contributed by atoms with van der Waals surface area (Å²) in [4.78, 5) is 16.7. The summed E-state index contributed by atoms with van der Waals surface area (Å²) in [6.07, 6.45) is -2.99. The van der Waals surface area contributed by atoms with E-state index < -0.39 is 18.6 Å². The number of nitrogens with one attached hydrogen (secondary N) is 1. The number of rotatable bonds is 4. The maximum absolute atomic E-state index is 12.3. The second-order valence-electron chi connectivity index (χ2n) is 5.97. The van der Waals surface area contributed by atoms with E-state index >= 15 is 0 Å². The lowest BCUT2D eigenvalue weighted by Gasteiger charge is -2.13. The smallest absolute Gasteiger partial charge is 0.343 e. The van der Waals surface area contributed by atoms with Gasteiger partial charge in [0.25, 0.3) is 5.91 Å². The van der Waals surface area contributed by atoms with Crippen LogP contribution in [0.4, 0.5) is 13.2 Å². The number of hydrogen-bond acceptors (Lipinski definition) is 3. The van der Waals surface area contributed by atoms with Crippen molar-refractivity contribution >= 4 is 16.9 Å². The molecule has 0 bridgehead atoms. The van der Waals surface area contributed by atoms with Gasteiger partial charge in [0.1, 0.15) is 6.54 Å². The van der Waals surface area contributed by atoms with Gasteiger partial charge >= 0.3 is 6.18 Å². The summed E-state index contributed by atoms with van der Waals surface area (Å²) in [5.74, 6) is -0.746. The Morgan fingerprint density at radius 2 is 1.96 bits per heavy atom. The van der Waals surface area contributed by atoms with Crippen LogP contribution < -0.4 is 5.32 Å². The number of amides is 1. The van der Waals surface area contributed by atoms with Crippen molar-refractivity contribution in [2.75, 3.05) is 6.54 Å². The van der Waals surface area contributed by atoms with E-state index in [1.54, 1.807) is 4.68 Å². The van der Waals surface area contributed by atoms with Crippen LogP contribution in [-0.4, -0.2) is 33.4 Å². The molecule has 2 rings (SSSR count). The highest BCUT2D eigenvalue weighted by atomic mass is 19.4. The van der Waals surface area contributed by atoms with E-state index in [1.807, 2.05) is 33.0 Å². The molecule has 5 nitrogen and oxygen atoms in total. The highest BCUT2D eigenvalue weighted by Gasteiger charge is 2.28. The van der Waals surface area contributed by atoms with Crippen molar-refractivity contribution in [3.05, 3.63) is 23.5 Å². The van der Waals surface area contributed by atoms with Gasteiger partial charge in [0.2, 0.25) is 0 Å². The van der Waals surface area contributed by atoms with Crippen LogP contribution in [0, 0.1) is 0 Å². The average Bonchev–Trinajstić information content (AvgIpc) is 2.86. The second-order valence-corrected chi connectivity index (χ2v) is 5.97. The Bertz CT molecular complexity index is 719. The number of hydrogen-bond donors (Lipinski definition) is 1. The highest BCUT2D eigenvalue weighted by molar-refractivity contribution is 6.05. The minimum absolute atomic E-state index is 0.0218. The van der Waals surface area contributed by atoms with Gasteiger partial charge in [0, 0.05) is 11.7 Å². The van der Waals surface area contributed by atoms with Crippen molar-refractivity contribution in [2.24, 2.45) is 0 Å². The number of carbonyl (C=O) groups excluding carboxylic acids is 1. The standard InChI is InChI=1S/C15H19F3N4O/c1-8(2)12-5-10(14(23)19-7-15(16,17)18)11-6-20-22(9(3)4)13(11)21-12/h5-6,8-9H,7H2,1-4H3,(H,19,23). The van der Waals surface area contributed by atoms with Crippen LogP contribution >= 0.6 is 0 Å². The lowest BCUT2D eigenvalue weighted by atomic mass is 10.0. The molecule has 2 aromatic rings. The summed E-state index contributed by atoms with van der Waals surface area (Å²) >= 11 is 0. The van der Waals surface area contributed by atoms with Crippen molar-refractivity contribution < 1.29 is 18.0 Å². The van der Waals surface area contributed by atoms with Gasteiger partial charge in [0.05, 0.1) is 17.1 Å². The van der Waals surface area contributed by atoms with Crippen LogP contribution in [0.3, 0.4) is 0 Å². The molecule has 0 saturated heterocycles. The molecule has 0 fully saturated rings. The SMILES string of the molecule is CC(C)c1cc(C(=O)NCC(F)(F)F)c2cnn(C(C)C)c2n1. The topological polar surface area (TPSA) is 59.8 Å². The summed E-state index contributed by atoms with van der Waals surface area (Å²) < 4.78 is 38.6. The summed E-state index contributed by atoms with van der Waals surface area (Å²) in [6, 6.07) is 1.55. The van der Waals surface area contributed by atoms with Crippen molar-refractivity contribution in [3.63, 3.8) is 0 Å². The molecule has 0 aliphatic carbocycles. The lowest BCUT2D eigenvalue weighted by Crippen LogP contribution is -2.33. The molecule has 2 heterocycles. The zero-order valence-electron chi connectivity index (χ0n) is 13.4. The van der Waals surface area contributed by atoms with Crippen LogP contribution in [0.2, 0.25) is 0 Å². The lowest BCUT2D eigenvalue weighted by molar-refractivity contribution is -0.123. The quantitative estimate of drug-likeness (QED) is 0.935. The van der Waals surface area contributed by atoms with Gasteiger partial charge in [-0.1, -0.05) is 13.8 Å². The number of aromatic nitrogens is 3. The van der Waals surface area contributed by atoms with Gasteiger partial charge in [-0.05, 0) is 25.8 Å². The molecule has 1 amide bonds. The van der Waals surface area contributed by atoms with E-state index in [2.05, 4.69) is 10.1 Å². The Morgan fingerprint density at radius 3 is 2.48 bits per heavy atom. The van der Waals surface area contributed by atoms with E-state index in [9.17, 15) is 18.0 Å². The van der Waals surface area contributed by atoms with E-state index in [0.717, 1.165) is 0 Å². The molecule has 0 aromatic carbocycles. The van der Waals surface area contributed by atoms with Crippen LogP contribution in [0.25, 0.3) is 11.0 Å². The van der Waals surface area contributed by atoms with Gasteiger partial charge in [-0.3, -0.25) is 4.79 Å². The minimum atomic E-state index is -4.45. The Balaban J connectivity index is 2.51. The monoisotopic (exact) mass is 328 g/mol. The fourth-order valence-electron chi connectivity index (χ4n) is 2.17. The summed E-state index contributed by atoms with van der Waals surface area (Å²) in [7, 11) is 0. The Kier molecular flexibility index (Phi) is 4.63. The number of fused-ring (bicyclic) bond motifs is 1. The third-order valence-electron chi connectivity index (χ3n) is 3.36. The first kappa shape index (κ1) is 17.2. The van der Waals surface area contributed by atoms with E-state index in [0.29, 0.717) is 16.7 Å². The molecular weight excluding hydrogens is 309 g/mol. The van der Waals surface area contributed by atoms with E-state index in [-0.39, 0.29) is 17.5 Å². The third-order valence-corrected chi connectivity index (χ3v) is 3.36. The van der Waals surface area contributed by atoms with Gasteiger partial charge < -0.3 is 5.32 Å². The molecule has 0 spiro atoms. The number of halogens is 3. The van der Waals surface area contributed by atoms with Gasteiger partial charge in [-0.2, -0.15) is 18.3 Å². The molecule has 8 heteroatoms. The molecular formula is C15H19F3N4O. The number of alkyl halides is 3. The van der Waals surface area contributed by atoms with Gasteiger partial charge in [0.15, 0.2) is 5.65 Å². The molecule has 23 heavy (non-hydrogen) atoms. The Labute approximate surface area is 131 Å². The van der Waals surface area contributed by atoms with Crippen LogP contribution in [0.1, 0.15) is 55.7 Å². The minimum Gasteiger partial charge on any atom is -0.343 e. The van der Waals surface area contributed by atoms with Crippen molar-refractivity contribution in [2.45, 2.75) is 45.8 Å². The van der Waals surface area contributed by atoms with Crippen LogP contribution in [0.5, 0.6) is 0 Å². The van der Waals surface area contributed by atoms with Crippen LogP contribution in [-0.2, 0) is 0 Å². The molecule has 0 saturated carbocycles. The van der Waals surface area contributed by atoms with E-state index in [1.165, 1.54) is 12.3 Å². The normalized spacial score (nSPS) is 12.4. The van der Waals surface area contributed by atoms with Gasteiger partial charge in [-0.25, -0.2) is 9.67 Å². The number of nitrogens with zero attached hydrogens (tertiary/aromatic N) is 3.